The normalized spacial score (nSPS) is 27.1. The molecule has 1 spiro atoms. The van der Waals surface area contributed by atoms with Gasteiger partial charge in [-0.15, -0.1) is 0 Å². The Morgan fingerprint density at radius 2 is 2.24 bits per heavy atom. The first-order valence-corrected chi connectivity index (χ1v) is 10.5. The third kappa shape index (κ3) is 3.88. The first kappa shape index (κ1) is 17.4. The monoisotopic (exact) mass is 364 g/mol. The van der Waals surface area contributed by atoms with Gasteiger partial charge in [0, 0.05) is 44.2 Å². The molecule has 0 aromatic carbocycles. The van der Waals surface area contributed by atoms with Gasteiger partial charge in [-0.25, -0.2) is 0 Å². The molecule has 25 heavy (non-hydrogen) atoms. The number of piperidine rings is 1. The van der Waals surface area contributed by atoms with Gasteiger partial charge in [0.2, 0.25) is 5.91 Å². The van der Waals surface area contributed by atoms with Gasteiger partial charge in [0.05, 0.1) is 17.9 Å². The summed E-state index contributed by atoms with van der Waals surface area (Å²) >= 11 is 2.07. The molecule has 3 aliphatic rings. The van der Waals surface area contributed by atoms with Gasteiger partial charge in [-0.1, -0.05) is 0 Å². The third-order valence-corrected chi connectivity index (χ3v) is 6.94. The van der Waals surface area contributed by atoms with E-state index in [0.717, 1.165) is 57.4 Å². The van der Waals surface area contributed by atoms with Crippen molar-refractivity contribution >= 4 is 17.7 Å². The summed E-state index contributed by atoms with van der Waals surface area (Å²) in [5.41, 5.74) is 0.913. The first-order valence-electron chi connectivity index (χ1n) is 9.37. The molecule has 4 heterocycles. The smallest absolute Gasteiger partial charge is 0.244 e. The zero-order valence-corrected chi connectivity index (χ0v) is 15.8. The van der Waals surface area contributed by atoms with Crippen LogP contribution in [0.25, 0.3) is 0 Å². The average Bonchev–Trinajstić information content (AvgIpc) is 3.27. The SMILES string of the molecule is Cc1ccn(CC(=O)N2CCC3(CC2)CN(C2CCSC2)CCO3)n1. The third-order valence-electron chi connectivity index (χ3n) is 5.80. The number of morpholine rings is 1. The lowest BCUT2D eigenvalue weighted by Gasteiger charge is -2.48. The van der Waals surface area contributed by atoms with Gasteiger partial charge in [-0.2, -0.15) is 16.9 Å². The van der Waals surface area contributed by atoms with E-state index in [1.54, 1.807) is 4.68 Å². The average molecular weight is 365 g/mol. The van der Waals surface area contributed by atoms with Crippen LogP contribution in [0.1, 0.15) is 25.0 Å². The molecule has 1 amide bonds. The number of carbonyl (C=O) groups is 1. The van der Waals surface area contributed by atoms with Crippen LogP contribution in [0.4, 0.5) is 0 Å². The lowest BCUT2D eigenvalue weighted by Crippen LogP contribution is -2.59. The van der Waals surface area contributed by atoms with Gasteiger partial charge in [-0.3, -0.25) is 14.4 Å². The molecule has 1 aromatic rings. The first-order chi connectivity index (χ1) is 12.1. The molecular weight excluding hydrogens is 336 g/mol. The molecule has 4 rings (SSSR count). The highest BCUT2D eigenvalue weighted by atomic mass is 32.2. The molecule has 0 bridgehead atoms. The molecule has 0 N–H and O–H groups in total. The molecule has 3 fully saturated rings. The van der Waals surface area contributed by atoms with Crippen LogP contribution in [-0.2, 0) is 16.1 Å². The predicted octanol–water partition coefficient (Wildman–Crippen LogP) is 1.39. The van der Waals surface area contributed by atoms with E-state index in [-0.39, 0.29) is 11.5 Å². The quantitative estimate of drug-likeness (QED) is 0.811. The van der Waals surface area contributed by atoms with E-state index >= 15 is 0 Å². The summed E-state index contributed by atoms with van der Waals surface area (Å²) in [4.78, 5) is 17.2. The van der Waals surface area contributed by atoms with Crippen molar-refractivity contribution in [1.29, 1.82) is 0 Å². The van der Waals surface area contributed by atoms with Crippen LogP contribution >= 0.6 is 11.8 Å². The van der Waals surface area contributed by atoms with E-state index in [1.807, 2.05) is 24.1 Å². The lowest BCUT2D eigenvalue weighted by molar-refractivity contribution is -0.153. The molecule has 1 unspecified atom stereocenters. The molecule has 0 radical (unpaired) electrons. The number of hydrogen-bond donors (Lipinski definition) is 0. The van der Waals surface area contributed by atoms with Crippen LogP contribution in [0, 0.1) is 6.92 Å². The largest absolute Gasteiger partial charge is 0.372 e. The number of likely N-dealkylation sites (tertiary alicyclic amines) is 1. The van der Waals surface area contributed by atoms with Crippen molar-refractivity contribution in [2.45, 2.75) is 44.4 Å². The Bertz CT molecular complexity index is 606. The van der Waals surface area contributed by atoms with E-state index < -0.39 is 0 Å². The van der Waals surface area contributed by atoms with Crippen molar-refractivity contribution in [2.75, 3.05) is 44.3 Å². The summed E-state index contributed by atoms with van der Waals surface area (Å²) in [6.45, 7) is 6.82. The fourth-order valence-corrected chi connectivity index (χ4v) is 5.51. The minimum Gasteiger partial charge on any atom is -0.372 e. The van der Waals surface area contributed by atoms with E-state index in [1.165, 1.54) is 17.9 Å². The fourth-order valence-electron chi connectivity index (χ4n) is 4.25. The molecule has 0 saturated carbocycles. The van der Waals surface area contributed by atoms with Crippen molar-refractivity contribution in [3.63, 3.8) is 0 Å². The van der Waals surface area contributed by atoms with Gasteiger partial charge in [0.15, 0.2) is 0 Å². The molecule has 6 nitrogen and oxygen atoms in total. The van der Waals surface area contributed by atoms with Crippen molar-refractivity contribution in [3.8, 4) is 0 Å². The topological polar surface area (TPSA) is 50.6 Å². The van der Waals surface area contributed by atoms with Crippen LogP contribution in [0.15, 0.2) is 12.3 Å². The van der Waals surface area contributed by atoms with Gasteiger partial charge in [0.1, 0.15) is 6.54 Å². The summed E-state index contributed by atoms with van der Waals surface area (Å²) in [6, 6.07) is 2.66. The van der Waals surface area contributed by atoms with E-state index in [0.29, 0.717) is 6.54 Å². The van der Waals surface area contributed by atoms with Crippen molar-refractivity contribution in [1.82, 2.24) is 19.6 Å². The minimum absolute atomic E-state index is 0.0371. The maximum absolute atomic E-state index is 12.5. The highest BCUT2D eigenvalue weighted by Gasteiger charge is 2.42. The van der Waals surface area contributed by atoms with Gasteiger partial charge < -0.3 is 9.64 Å². The number of aromatic nitrogens is 2. The Labute approximate surface area is 153 Å². The number of nitrogens with zero attached hydrogens (tertiary/aromatic N) is 4. The lowest BCUT2D eigenvalue weighted by atomic mass is 9.88. The number of ether oxygens (including phenoxy) is 1. The summed E-state index contributed by atoms with van der Waals surface area (Å²) < 4.78 is 7.98. The number of hydrogen-bond acceptors (Lipinski definition) is 5. The Morgan fingerprint density at radius 1 is 1.40 bits per heavy atom. The summed E-state index contributed by atoms with van der Waals surface area (Å²) in [6.07, 6.45) is 5.09. The highest BCUT2D eigenvalue weighted by Crippen LogP contribution is 2.33. The van der Waals surface area contributed by atoms with Crippen LogP contribution in [-0.4, -0.2) is 81.4 Å². The number of aryl methyl sites for hydroxylation is 1. The van der Waals surface area contributed by atoms with Gasteiger partial charge in [0.25, 0.3) is 0 Å². The highest BCUT2D eigenvalue weighted by molar-refractivity contribution is 7.99. The van der Waals surface area contributed by atoms with Crippen molar-refractivity contribution < 1.29 is 9.53 Å². The van der Waals surface area contributed by atoms with Gasteiger partial charge >= 0.3 is 0 Å². The zero-order valence-electron chi connectivity index (χ0n) is 15.0. The van der Waals surface area contributed by atoms with Crippen molar-refractivity contribution in [2.24, 2.45) is 0 Å². The second kappa shape index (κ2) is 7.29. The Kier molecular flexibility index (Phi) is 5.06. The Hall–Kier alpha value is -1.05. The molecule has 7 heteroatoms. The summed E-state index contributed by atoms with van der Waals surface area (Å²) in [5.74, 6) is 2.73. The molecule has 3 saturated heterocycles. The molecule has 0 aliphatic carbocycles. The van der Waals surface area contributed by atoms with Crippen LogP contribution in [0.5, 0.6) is 0 Å². The predicted molar refractivity (Wildman–Crippen MR) is 98.8 cm³/mol. The van der Waals surface area contributed by atoms with Gasteiger partial charge in [-0.05, 0) is 38.0 Å². The summed E-state index contributed by atoms with van der Waals surface area (Å²) in [5, 5.41) is 4.32. The van der Waals surface area contributed by atoms with Crippen molar-refractivity contribution in [3.05, 3.63) is 18.0 Å². The number of amides is 1. The summed E-state index contributed by atoms with van der Waals surface area (Å²) in [7, 11) is 0. The molecule has 3 aliphatic heterocycles. The van der Waals surface area contributed by atoms with Crippen LogP contribution in [0.2, 0.25) is 0 Å². The van der Waals surface area contributed by atoms with Crippen LogP contribution < -0.4 is 0 Å². The number of rotatable bonds is 3. The second-order valence-corrected chi connectivity index (χ2v) is 8.70. The molecule has 138 valence electrons. The number of thioether (sulfide) groups is 1. The van der Waals surface area contributed by atoms with Crippen LogP contribution in [0.3, 0.4) is 0 Å². The minimum atomic E-state index is -0.0371. The fraction of sp³-hybridized carbons (Fsp3) is 0.778. The zero-order chi connectivity index (χ0) is 17.3. The maximum atomic E-state index is 12.5. The Balaban J connectivity index is 1.31. The molecule has 1 atom stereocenters. The Morgan fingerprint density at radius 3 is 2.92 bits per heavy atom. The molecule has 1 aromatic heterocycles. The second-order valence-electron chi connectivity index (χ2n) is 7.55. The molecular formula is C18H28N4O2S. The standard InChI is InChI=1S/C18H28N4O2S/c1-15-2-6-22(19-15)12-17(23)20-7-4-18(5-8-20)14-21(9-10-24-18)16-3-11-25-13-16/h2,6,16H,3-5,7-14H2,1H3. The number of carbonyl (C=O) groups excluding carboxylic acids is 1. The maximum Gasteiger partial charge on any atom is 0.244 e. The van der Waals surface area contributed by atoms with E-state index in [2.05, 4.69) is 21.8 Å². The van der Waals surface area contributed by atoms with E-state index in [4.69, 9.17) is 4.74 Å². The van der Waals surface area contributed by atoms with E-state index in [9.17, 15) is 4.79 Å².